The average molecular weight is 442 g/mol. The van der Waals surface area contributed by atoms with Crippen molar-refractivity contribution in [3.05, 3.63) is 47.8 Å². The van der Waals surface area contributed by atoms with Crippen LogP contribution in [0.1, 0.15) is 54.5 Å². The van der Waals surface area contributed by atoms with Crippen molar-refractivity contribution in [3.8, 4) is 17.2 Å². The van der Waals surface area contributed by atoms with Gasteiger partial charge in [-0.2, -0.15) is 0 Å². The summed E-state index contributed by atoms with van der Waals surface area (Å²) in [5.41, 5.74) is 0.892. The largest absolute Gasteiger partial charge is 0.490 e. The number of aromatic nitrogens is 1. The molecule has 0 spiro atoms. The van der Waals surface area contributed by atoms with Gasteiger partial charge in [0.05, 0.1) is 19.8 Å². The smallest absolute Gasteiger partial charge is 0.270 e. The highest BCUT2D eigenvalue weighted by molar-refractivity contribution is 5.96. The molecule has 1 aliphatic rings. The second kappa shape index (κ2) is 11.4. The summed E-state index contributed by atoms with van der Waals surface area (Å²) in [5.74, 6) is 1.24. The summed E-state index contributed by atoms with van der Waals surface area (Å²) in [5, 5.41) is 3.01. The molecule has 1 N–H and O–H groups in total. The molecule has 1 aromatic heterocycles. The Kier molecular flexibility index (Phi) is 8.30. The van der Waals surface area contributed by atoms with Gasteiger partial charge in [-0.3, -0.25) is 14.6 Å². The van der Waals surface area contributed by atoms with Gasteiger partial charge in [0.2, 0.25) is 5.75 Å². The van der Waals surface area contributed by atoms with E-state index >= 15 is 0 Å². The highest BCUT2D eigenvalue weighted by Gasteiger charge is 2.27. The predicted molar refractivity (Wildman–Crippen MR) is 121 cm³/mol. The van der Waals surface area contributed by atoms with Crippen LogP contribution in [0.25, 0.3) is 0 Å². The molecule has 0 radical (unpaired) electrons. The van der Waals surface area contributed by atoms with E-state index in [4.69, 9.17) is 14.2 Å². The Bertz CT molecular complexity index is 884. The molecule has 1 fully saturated rings. The van der Waals surface area contributed by atoms with Crippen molar-refractivity contribution >= 4 is 11.8 Å². The standard InChI is InChI=1S/C24H31N3O5/c1-4-30-20-15-17(16-21(31-5-2)22(20)32-6-3)24(29)27-13-10-18(11-14-27)26-23(28)19-9-7-8-12-25-19/h7-9,12,15-16,18H,4-6,10-11,13-14H2,1-3H3,(H,26,28). The van der Waals surface area contributed by atoms with Gasteiger partial charge in [0.1, 0.15) is 5.69 Å². The van der Waals surface area contributed by atoms with E-state index in [0.29, 0.717) is 74.3 Å². The van der Waals surface area contributed by atoms with E-state index in [-0.39, 0.29) is 17.9 Å². The fourth-order valence-corrected chi connectivity index (χ4v) is 3.68. The van der Waals surface area contributed by atoms with E-state index in [9.17, 15) is 9.59 Å². The van der Waals surface area contributed by atoms with Crippen molar-refractivity contribution in [2.75, 3.05) is 32.9 Å². The number of likely N-dealkylation sites (tertiary alicyclic amines) is 1. The van der Waals surface area contributed by atoms with Crippen molar-refractivity contribution in [1.29, 1.82) is 0 Å². The molecule has 172 valence electrons. The second-order valence-electron chi connectivity index (χ2n) is 7.36. The number of carbonyl (C=O) groups excluding carboxylic acids is 2. The Morgan fingerprint density at radius 2 is 1.62 bits per heavy atom. The van der Waals surface area contributed by atoms with Crippen LogP contribution in [0.3, 0.4) is 0 Å². The maximum absolute atomic E-state index is 13.2. The summed E-state index contributed by atoms with van der Waals surface area (Å²) in [7, 11) is 0. The number of benzene rings is 1. The fourth-order valence-electron chi connectivity index (χ4n) is 3.68. The first-order valence-corrected chi connectivity index (χ1v) is 11.1. The topological polar surface area (TPSA) is 90.0 Å². The van der Waals surface area contributed by atoms with Crippen molar-refractivity contribution in [2.24, 2.45) is 0 Å². The molecule has 2 amide bonds. The van der Waals surface area contributed by atoms with Crippen LogP contribution in [-0.2, 0) is 0 Å². The number of amides is 2. The van der Waals surface area contributed by atoms with Gasteiger partial charge in [-0.05, 0) is 57.9 Å². The molecule has 0 unspecified atom stereocenters. The number of carbonyl (C=O) groups is 2. The van der Waals surface area contributed by atoms with E-state index in [1.807, 2.05) is 20.8 Å². The van der Waals surface area contributed by atoms with Crippen LogP contribution in [0.4, 0.5) is 0 Å². The van der Waals surface area contributed by atoms with Crippen LogP contribution in [0.2, 0.25) is 0 Å². The van der Waals surface area contributed by atoms with E-state index in [2.05, 4.69) is 10.3 Å². The lowest BCUT2D eigenvalue weighted by molar-refractivity contribution is 0.0696. The van der Waals surface area contributed by atoms with E-state index in [1.165, 1.54) is 0 Å². The van der Waals surface area contributed by atoms with E-state index in [1.54, 1.807) is 41.4 Å². The van der Waals surface area contributed by atoms with Crippen molar-refractivity contribution in [3.63, 3.8) is 0 Å². The van der Waals surface area contributed by atoms with Gasteiger partial charge in [0.15, 0.2) is 11.5 Å². The number of pyridine rings is 1. The van der Waals surface area contributed by atoms with Crippen LogP contribution in [-0.4, -0.2) is 60.7 Å². The lowest BCUT2D eigenvalue weighted by Gasteiger charge is -2.32. The molecule has 2 heterocycles. The van der Waals surface area contributed by atoms with Gasteiger partial charge in [0, 0.05) is 30.9 Å². The van der Waals surface area contributed by atoms with Crippen molar-refractivity contribution in [1.82, 2.24) is 15.2 Å². The Morgan fingerprint density at radius 1 is 1.00 bits per heavy atom. The van der Waals surface area contributed by atoms with E-state index in [0.717, 1.165) is 0 Å². The molecule has 0 bridgehead atoms. The number of rotatable bonds is 9. The molecule has 8 nitrogen and oxygen atoms in total. The summed E-state index contributed by atoms with van der Waals surface area (Å²) in [6, 6.07) is 8.68. The molecule has 32 heavy (non-hydrogen) atoms. The molecular formula is C24H31N3O5. The normalized spacial score (nSPS) is 14.0. The number of hydrogen-bond acceptors (Lipinski definition) is 6. The van der Waals surface area contributed by atoms with Crippen LogP contribution in [0.15, 0.2) is 36.5 Å². The Hall–Kier alpha value is -3.29. The lowest BCUT2D eigenvalue weighted by Crippen LogP contribution is -2.46. The molecule has 1 saturated heterocycles. The number of nitrogens with zero attached hydrogens (tertiary/aromatic N) is 2. The van der Waals surface area contributed by atoms with Crippen LogP contribution < -0.4 is 19.5 Å². The highest BCUT2D eigenvalue weighted by Crippen LogP contribution is 2.39. The van der Waals surface area contributed by atoms with Gasteiger partial charge in [-0.15, -0.1) is 0 Å². The van der Waals surface area contributed by atoms with Crippen LogP contribution in [0.5, 0.6) is 17.2 Å². The third-order valence-electron chi connectivity index (χ3n) is 5.17. The second-order valence-corrected chi connectivity index (χ2v) is 7.36. The van der Waals surface area contributed by atoms with Gasteiger partial charge < -0.3 is 24.4 Å². The van der Waals surface area contributed by atoms with Crippen LogP contribution in [0, 0.1) is 0 Å². The maximum atomic E-state index is 13.2. The molecule has 0 saturated carbocycles. The zero-order valence-corrected chi connectivity index (χ0v) is 18.9. The Balaban J connectivity index is 1.68. The zero-order valence-electron chi connectivity index (χ0n) is 18.9. The molecule has 1 aromatic carbocycles. The van der Waals surface area contributed by atoms with Crippen molar-refractivity contribution in [2.45, 2.75) is 39.7 Å². The first-order valence-electron chi connectivity index (χ1n) is 11.1. The molecule has 0 aliphatic carbocycles. The number of piperidine rings is 1. The Morgan fingerprint density at radius 3 is 2.16 bits per heavy atom. The monoisotopic (exact) mass is 441 g/mol. The quantitative estimate of drug-likeness (QED) is 0.642. The summed E-state index contributed by atoms with van der Waals surface area (Å²) in [6.07, 6.45) is 2.95. The van der Waals surface area contributed by atoms with Gasteiger partial charge in [0.25, 0.3) is 11.8 Å². The first-order chi connectivity index (χ1) is 15.6. The van der Waals surface area contributed by atoms with Crippen molar-refractivity contribution < 1.29 is 23.8 Å². The summed E-state index contributed by atoms with van der Waals surface area (Å²) >= 11 is 0. The minimum absolute atomic E-state index is 0.00635. The maximum Gasteiger partial charge on any atom is 0.270 e. The fraction of sp³-hybridized carbons (Fsp3) is 0.458. The minimum Gasteiger partial charge on any atom is -0.490 e. The van der Waals surface area contributed by atoms with E-state index < -0.39 is 0 Å². The third-order valence-corrected chi connectivity index (χ3v) is 5.17. The number of hydrogen-bond donors (Lipinski definition) is 1. The summed E-state index contributed by atoms with van der Waals surface area (Å²) in [6.45, 7) is 8.12. The molecule has 1 aliphatic heterocycles. The Labute approximate surface area is 188 Å². The lowest BCUT2D eigenvalue weighted by atomic mass is 10.0. The molecule has 0 atom stereocenters. The molecule has 8 heteroatoms. The first kappa shape index (κ1) is 23.4. The SMILES string of the molecule is CCOc1cc(C(=O)N2CCC(NC(=O)c3ccccn3)CC2)cc(OCC)c1OCC. The van der Waals surface area contributed by atoms with Gasteiger partial charge >= 0.3 is 0 Å². The summed E-state index contributed by atoms with van der Waals surface area (Å²) < 4.78 is 17.2. The highest BCUT2D eigenvalue weighted by atomic mass is 16.5. The minimum atomic E-state index is -0.190. The average Bonchev–Trinajstić information content (AvgIpc) is 2.82. The molecule has 2 aromatic rings. The molecule has 3 rings (SSSR count). The van der Waals surface area contributed by atoms with Gasteiger partial charge in [-0.1, -0.05) is 6.07 Å². The zero-order chi connectivity index (χ0) is 22.9. The number of ether oxygens (including phenoxy) is 3. The van der Waals surface area contributed by atoms with Crippen LogP contribution >= 0.6 is 0 Å². The molecular weight excluding hydrogens is 410 g/mol. The summed E-state index contributed by atoms with van der Waals surface area (Å²) in [4.78, 5) is 31.4. The van der Waals surface area contributed by atoms with Gasteiger partial charge in [-0.25, -0.2) is 0 Å². The number of nitrogens with one attached hydrogen (secondary N) is 1. The third kappa shape index (κ3) is 5.69. The predicted octanol–water partition coefficient (Wildman–Crippen LogP) is 3.31.